The van der Waals surface area contributed by atoms with Gasteiger partial charge in [0.2, 0.25) is 6.08 Å². The molecule has 16 heavy (non-hydrogen) atoms. The lowest BCUT2D eigenvalue weighted by atomic mass is 9.92. The molecule has 0 spiro atoms. The molecule has 1 heterocycles. The first kappa shape index (κ1) is 10.9. The van der Waals surface area contributed by atoms with Crippen LogP contribution in [0.1, 0.15) is 31.4 Å². The molecule has 0 saturated heterocycles. The average Bonchev–Trinajstić information content (AvgIpc) is 2.28. The van der Waals surface area contributed by atoms with Gasteiger partial charge in [0.05, 0.1) is 12.1 Å². The predicted molar refractivity (Wildman–Crippen MR) is 61.4 cm³/mol. The van der Waals surface area contributed by atoms with Crippen molar-refractivity contribution in [2.24, 2.45) is 4.99 Å². The zero-order valence-electron chi connectivity index (χ0n) is 9.62. The van der Waals surface area contributed by atoms with Crippen LogP contribution >= 0.6 is 0 Å². The molecule has 3 heteroatoms. The number of benzene rings is 1. The maximum atomic E-state index is 10.4. The van der Waals surface area contributed by atoms with Gasteiger partial charge in [-0.05, 0) is 43.9 Å². The van der Waals surface area contributed by atoms with Gasteiger partial charge in [0, 0.05) is 0 Å². The van der Waals surface area contributed by atoms with Gasteiger partial charge in [-0.15, -0.1) is 0 Å². The van der Waals surface area contributed by atoms with Crippen LogP contribution in [0, 0.1) is 0 Å². The first-order valence-corrected chi connectivity index (χ1v) is 5.49. The van der Waals surface area contributed by atoms with Gasteiger partial charge in [-0.3, -0.25) is 0 Å². The van der Waals surface area contributed by atoms with Crippen molar-refractivity contribution in [1.82, 2.24) is 0 Å². The fraction of sp³-hybridized carbons (Fsp3) is 0.462. The van der Waals surface area contributed by atoms with E-state index >= 15 is 0 Å². The van der Waals surface area contributed by atoms with E-state index in [1.165, 1.54) is 5.56 Å². The van der Waals surface area contributed by atoms with E-state index in [0.29, 0.717) is 0 Å². The maximum Gasteiger partial charge on any atom is 0.235 e. The molecule has 0 atom stereocenters. The van der Waals surface area contributed by atoms with Crippen LogP contribution in [0.3, 0.4) is 0 Å². The Morgan fingerprint density at radius 2 is 2.25 bits per heavy atom. The van der Waals surface area contributed by atoms with Crippen molar-refractivity contribution in [3.63, 3.8) is 0 Å². The molecule has 1 aromatic rings. The Morgan fingerprint density at radius 1 is 1.44 bits per heavy atom. The third-order valence-electron chi connectivity index (χ3n) is 2.95. The van der Waals surface area contributed by atoms with Crippen molar-refractivity contribution in [1.29, 1.82) is 0 Å². The molecule has 1 aliphatic heterocycles. The van der Waals surface area contributed by atoms with Crippen molar-refractivity contribution in [2.75, 3.05) is 6.61 Å². The first-order valence-electron chi connectivity index (χ1n) is 5.49. The van der Waals surface area contributed by atoms with Crippen LogP contribution in [0.2, 0.25) is 0 Å². The highest BCUT2D eigenvalue weighted by Gasteiger charge is 2.21. The summed E-state index contributed by atoms with van der Waals surface area (Å²) in [4.78, 5) is 14.2. The lowest BCUT2D eigenvalue weighted by Gasteiger charge is -2.22. The average molecular weight is 217 g/mol. The molecule has 0 radical (unpaired) electrons. The SMILES string of the molecule is CC(C)(N=C=O)c1ccc2c(c1)OCCC2. The van der Waals surface area contributed by atoms with Gasteiger partial charge < -0.3 is 4.74 Å². The van der Waals surface area contributed by atoms with E-state index in [-0.39, 0.29) is 0 Å². The summed E-state index contributed by atoms with van der Waals surface area (Å²) < 4.78 is 5.60. The predicted octanol–water partition coefficient (Wildman–Crippen LogP) is 2.58. The van der Waals surface area contributed by atoms with Gasteiger partial charge in [-0.2, -0.15) is 4.99 Å². The summed E-state index contributed by atoms with van der Waals surface area (Å²) in [5, 5.41) is 0. The smallest absolute Gasteiger partial charge is 0.235 e. The van der Waals surface area contributed by atoms with Crippen LogP contribution in [0.15, 0.2) is 23.2 Å². The van der Waals surface area contributed by atoms with Crippen LogP contribution < -0.4 is 4.74 Å². The molecule has 0 bridgehead atoms. The second-order valence-corrected chi connectivity index (χ2v) is 4.54. The Morgan fingerprint density at radius 3 is 3.00 bits per heavy atom. The number of nitrogens with zero attached hydrogens (tertiary/aromatic N) is 1. The summed E-state index contributed by atoms with van der Waals surface area (Å²) in [6, 6.07) is 6.05. The van der Waals surface area contributed by atoms with E-state index in [4.69, 9.17) is 4.74 Å². The van der Waals surface area contributed by atoms with E-state index in [1.807, 2.05) is 26.0 Å². The molecule has 0 aliphatic carbocycles. The number of isocyanates is 1. The molecular formula is C13H15NO2. The molecule has 0 aromatic heterocycles. The molecule has 0 N–H and O–H groups in total. The molecule has 84 valence electrons. The molecule has 1 aliphatic rings. The fourth-order valence-electron chi connectivity index (χ4n) is 1.90. The number of rotatable bonds is 2. The number of aliphatic imine (C=N–C) groups is 1. The van der Waals surface area contributed by atoms with Gasteiger partial charge in [-0.25, -0.2) is 4.79 Å². The van der Waals surface area contributed by atoms with Crippen LogP contribution in [0.4, 0.5) is 0 Å². The van der Waals surface area contributed by atoms with E-state index in [9.17, 15) is 4.79 Å². The van der Waals surface area contributed by atoms with Gasteiger partial charge in [-0.1, -0.05) is 12.1 Å². The van der Waals surface area contributed by atoms with Crippen LogP contribution in [0.5, 0.6) is 5.75 Å². The van der Waals surface area contributed by atoms with E-state index in [0.717, 1.165) is 30.8 Å². The number of ether oxygens (including phenoxy) is 1. The molecule has 0 saturated carbocycles. The van der Waals surface area contributed by atoms with Crippen molar-refractivity contribution >= 4 is 6.08 Å². The van der Waals surface area contributed by atoms with Gasteiger partial charge in [0.25, 0.3) is 0 Å². The molecule has 0 fully saturated rings. The fourth-order valence-corrected chi connectivity index (χ4v) is 1.90. The Bertz CT molecular complexity index is 445. The number of aryl methyl sites for hydroxylation is 1. The van der Waals surface area contributed by atoms with Crippen LogP contribution in [-0.2, 0) is 16.8 Å². The summed E-state index contributed by atoms with van der Waals surface area (Å²) in [6.07, 6.45) is 3.75. The molecular weight excluding hydrogens is 202 g/mol. The van der Waals surface area contributed by atoms with Gasteiger partial charge in [0.1, 0.15) is 5.75 Å². The third-order valence-corrected chi connectivity index (χ3v) is 2.95. The summed E-state index contributed by atoms with van der Waals surface area (Å²) in [5.41, 5.74) is 1.69. The normalized spacial score (nSPS) is 14.6. The molecule has 2 rings (SSSR count). The minimum Gasteiger partial charge on any atom is -0.493 e. The Kier molecular flexibility index (Phi) is 2.80. The minimum absolute atomic E-state index is 0.530. The van der Waals surface area contributed by atoms with Crippen molar-refractivity contribution < 1.29 is 9.53 Å². The molecule has 1 aromatic carbocycles. The number of carbonyl (C=O) groups excluding carboxylic acids is 1. The standard InChI is InChI=1S/C13H15NO2/c1-13(2,14-9-15)11-6-5-10-4-3-7-16-12(10)8-11/h5-6,8H,3-4,7H2,1-2H3. The minimum atomic E-state index is -0.530. The topological polar surface area (TPSA) is 38.7 Å². The summed E-state index contributed by atoms with van der Waals surface area (Å²) in [5.74, 6) is 0.929. The van der Waals surface area contributed by atoms with E-state index in [2.05, 4.69) is 11.1 Å². The summed E-state index contributed by atoms with van der Waals surface area (Å²) in [7, 11) is 0. The van der Waals surface area contributed by atoms with Crippen molar-refractivity contribution in [3.05, 3.63) is 29.3 Å². The Labute approximate surface area is 95.2 Å². The molecule has 0 amide bonds. The largest absolute Gasteiger partial charge is 0.493 e. The second-order valence-electron chi connectivity index (χ2n) is 4.54. The van der Waals surface area contributed by atoms with Crippen LogP contribution in [-0.4, -0.2) is 12.7 Å². The summed E-state index contributed by atoms with van der Waals surface area (Å²) >= 11 is 0. The quantitative estimate of drug-likeness (QED) is 0.564. The third kappa shape index (κ3) is 2.00. The lowest BCUT2D eigenvalue weighted by Crippen LogP contribution is -2.15. The van der Waals surface area contributed by atoms with Crippen molar-refractivity contribution in [3.8, 4) is 5.75 Å². The molecule has 0 unspecified atom stereocenters. The highest BCUT2D eigenvalue weighted by molar-refractivity contribution is 5.43. The Balaban J connectivity index is 2.40. The van der Waals surface area contributed by atoms with E-state index in [1.54, 1.807) is 6.08 Å². The summed E-state index contributed by atoms with van der Waals surface area (Å²) in [6.45, 7) is 4.55. The van der Waals surface area contributed by atoms with Crippen molar-refractivity contribution in [2.45, 2.75) is 32.2 Å². The Hall–Kier alpha value is -1.60. The zero-order valence-corrected chi connectivity index (χ0v) is 9.62. The second kappa shape index (κ2) is 4.11. The highest BCUT2D eigenvalue weighted by atomic mass is 16.5. The maximum absolute atomic E-state index is 10.4. The number of fused-ring (bicyclic) bond motifs is 1. The highest BCUT2D eigenvalue weighted by Crippen LogP contribution is 2.32. The van der Waals surface area contributed by atoms with Gasteiger partial charge in [0.15, 0.2) is 0 Å². The lowest BCUT2D eigenvalue weighted by molar-refractivity contribution is 0.287. The van der Waals surface area contributed by atoms with Crippen LogP contribution in [0.25, 0.3) is 0 Å². The number of hydrogen-bond acceptors (Lipinski definition) is 3. The van der Waals surface area contributed by atoms with Gasteiger partial charge >= 0.3 is 0 Å². The van der Waals surface area contributed by atoms with E-state index < -0.39 is 5.54 Å². The zero-order chi connectivity index (χ0) is 11.6. The molecule has 3 nitrogen and oxygen atoms in total. The first-order chi connectivity index (χ1) is 7.63. The number of hydrogen-bond donors (Lipinski definition) is 0. The monoisotopic (exact) mass is 217 g/mol.